The van der Waals surface area contributed by atoms with Gasteiger partial charge in [0.1, 0.15) is 0 Å². The monoisotopic (exact) mass is 305 g/mol. The quantitative estimate of drug-likeness (QED) is 0.572. The van der Waals surface area contributed by atoms with Crippen LogP contribution in [0, 0.1) is 0 Å². The van der Waals surface area contributed by atoms with Crippen molar-refractivity contribution >= 4 is 10.5 Å². The minimum atomic E-state index is -4.38. The van der Waals surface area contributed by atoms with Gasteiger partial charge in [-0.15, -0.1) is 0 Å². The fraction of sp³-hybridized carbons (Fsp3) is 0.538. The zero-order chi connectivity index (χ0) is 15.2. The van der Waals surface area contributed by atoms with E-state index in [9.17, 15) is 13.2 Å². The molecule has 0 aromatic heterocycles. The minimum Gasteiger partial charge on any atom is -0.371 e. The molecule has 20 heavy (non-hydrogen) atoms. The highest BCUT2D eigenvalue weighted by Gasteiger charge is 2.34. The highest BCUT2D eigenvalue weighted by Crippen LogP contribution is 2.31. The summed E-state index contributed by atoms with van der Waals surface area (Å²) in [6.07, 6.45) is -4.35. The first-order valence-electron chi connectivity index (χ1n) is 6.15. The topological polar surface area (TPSA) is 27.7 Å². The predicted octanol–water partition coefficient (Wildman–Crippen LogP) is 3.07. The number of hydrogen-bond acceptors (Lipinski definition) is 3. The lowest BCUT2D eigenvalue weighted by Gasteiger charge is -2.31. The van der Waals surface area contributed by atoms with E-state index in [0.717, 1.165) is 12.1 Å². The number of ether oxygens (including phenoxy) is 2. The lowest BCUT2D eigenvalue weighted by atomic mass is 10.1. The van der Waals surface area contributed by atoms with Crippen LogP contribution in [0.2, 0.25) is 0 Å². The van der Waals surface area contributed by atoms with Crippen molar-refractivity contribution in [2.75, 3.05) is 13.2 Å². The summed E-state index contributed by atoms with van der Waals surface area (Å²) in [5.41, 5.74) is -0.314. The van der Waals surface area contributed by atoms with Crippen molar-refractivity contribution < 1.29 is 27.1 Å². The molecule has 0 aliphatic rings. The van der Waals surface area contributed by atoms with E-state index in [4.69, 9.17) is 13.9 Å². The molecule has 0 unspecified atom stereocenters. The smallest absolute Gasteiger partial charge is 0.371 e. The Morgan fingerprint density at radius 3 is 2.15 bits per heavy atom. The van der Waals surface area contributed by atoms with Crippen LogP contribution >= 0.6 is 0 Å². The Morgan fingerprint density at radius 1 is 1.10 bits per heavy atom. The summed E-state index contributed by atoms with van der Waals surface area (Å²) in [7, 11) is 2.87. The number of alkyl halides is 3. The molecule has 0 aliphatic heterocycles. The Hall–Kier alpha value is -0.893. The van der Waals surface area contributed by atoms with Gasteiger partial charge in [-0.1, -0.05) is 18.2 Å². The fourth-order valence-electron chi connectivity index (χ4n) is 1.79. The molecule has 0 N–H and O–H groups in total. The van der Waals surface area contributed by atoms with Gasteiger partial charge in [-0.3, -0.25) is 0 Å². The van der Waals surface area contributed by atoms with E-state index >= 15 is 0 Å². The van der Waals surface area contributed by atoms with Crippen LogP contribution in [0.15, 0.2) is 24.3 Å². The number of benzene rings is 1. The second kappa shape index (κ2) is 7.21. The first-order valence-corrected chi connectivity index (χ1v) is 6.56. The fourth-order valence-corrected chi connectivity index (χ4v) is 1.98. The maximum Gasteiger partial charge on any atom is 0.416 e. The van der Waals surface area contributed by atoms with Gasteiger partial charge in [-0.2, -0.15) is 13.2 Å². The molecular weight excluding hydrogens is 289 g/mol. The van der Waals surface area contributed by atoms with Gasteiger partial charge >= 0.3 is 6.18 Å². The number of halogens is 3. The van der Waals surface area contributed by atoms with Gasteiger partial charge in [-0.05, 0) is 25.5 Å². The Morgan fingerprint density at radius 2 is 1.70 bits per heavy atom. The second-order valence-electron chi connectivity index (χ2n) is 4.03. The Kier molecular flexibility index (Phi) is 6.19. The van der Waals surface area contributed by atoms with Crippen molar-refractivity contribution in [1.82, 2.24) is 0 Å². The van der Waals surface area contributed by atoms with Gasteiger partial charge in [0.2, 0.25) is 0 Å². The van der Waals surface area contributed by atoms with Crippen LogP contribution in [0.5, 0.6) is 0 Å². The van der Waals surface area contributed by atoms with Crippen LogP contribution in [-0.2, 0) is 26.5 Å². The molecule has 0 aliphatic carbocycles. The summed E-state index contributed by atoms with van der Waals surface area (Å²) in [6, 6.07) is 4.97. The van der Waals surface area contributed by atoms with E-state index in [2.05, 4.69) is 10.5 Å². The first-order chi connectivity index (χ1) is 9.37. The van der Waals surface area contributed by atoms with Crippen molar-refractivity contribution in [2.45, 2.75) is 32.4 Å². The average molecular weight is 305 g/mol. The average Bonchev–Trinajstić information content (AvgIpc) is 2.38. The van der Waals surface area contributed by atoms with Crippen molar-refractivity contribution in [2.24, 2.45) is 0 Å². The molecular formula is C13H16F3O3Si. The normalized spacial score (nSPS) is 12.7. The predicted molar refractivity (Wildman–Crippen MR) is 68.0 cm³/mol. The summed E-state index contributed by atoms with van der Waals surface area (Å²) in [5.74, 6) is -1.44. The standard InChI is InChI=1S/C13H16F3O3Si/c1-3-17-12(19-20,18-4-2)9-10-6-5-7-11(8-10)13(14,15)16/h5-8H,3-4,9H2,1-2H3. The Bertz CT molecular complexity index is 418. The summed E-state index contributed by atoms with van der Waals surface area (Å²) in [5, 5.41) is 0. The van der Waals surface area contributed by atoms with Crippen molar-refractivity contribution in [3.63, 3.8) is 0 Å². The van der Waals surface area contributed by atoms with E-state index in [-0.39, 0.29) is 6.42 Å². The lowest BCUT2D eigenvalue weighted by Crippen LogP contribution is -2.41. The van der Waals surface area contributed by atoms with Gasteiger partial charge in [0.05, 0.1) is 12.0 Å². The zero-order valence-electron chi connectivity index (χ0n) is 11.3. The third-order valence-electron chi connectivity index (χ3n) is 2.56. The Balaban J connectivity index is 2.99. The molecule has 0 fully saturated rings. The SMILES string of the molecule is CCOC(Cc1cccc(C(F)(F)F)c1)(O[Si])OCC. The van der Waals surface area contributed by atoms with Gasteiger partial charge in [0.15, 0.2) is 0 Å². The molecule has 0 bridgehead atoms. The molecule has 0 saturated heterocycles. The Labute approximate surface area is 119 Å². The van der Waals surface area contributed by atoms with E-state index in [1.54, 1.807) is 19.9 Å². The van der Waals surface area contributed by atoms with Crippen LogP contribution < -0.4 is 0 Å². The third-order valence-corrected chi connectivity index (χ3v) is 2.87. The van der Waals surface area contributed by atoms with Crippen LogP contribution in [0.1, 0.15) is 25.0 Å². The lowest BCUT2D eigenvalue weighted by molar-refractivity contribution is -0.339. The molecule has 1 aromatic rings. The third kappa shape index (κ3) is 4.59. The molecule has 7 heteroatoms. The summed E-state index contributed by atoms with van der Waals surface area (Å²) in [4.78, 5) is 0. The van der Waals surface area contributed by atoms with E-state index in [1.165, 1.54) is 6.07 Å². The van der Waals surface area contributed by atoms with E-state index < -0.39 is 17.7 Å². The van der Waals surface area contributed by atoms with Gasteiger partial charge in [0.25, 0.3) is 16.5 Å². The number of hydrogen-bond donors (Lipinski definition) is 0. The van der Waals surface area contributed by atoms with Crippen LogP contribution in [0.25, 0.3) is 0 Å². The van der Waals surface area contributed by atoms with Gasteiger partial charge < -0.3 is 13.9 Å². The highest BCUT2D eigenvalue weighted by atomic mass is 28.2. The molecule has 0 amide bonds. The zero-order valence-corrected chi connectivity index (χ0v) is 12.3. The number of rotatable bonds is 7. The largest absolute Gasteiger partial charge is 0.416 e. The van der Waals surface area contributed by atoms with Crippen molar-refractivity contribution in [3.8, 4) is 0 Å². The molecule has 0 heterocycles. The highest BCUT2D eigenvalue weighted by molar-refractivity contribution is 5.98. The molecule has 0 saturated carbocycles. The molecule has 0 spiro atoms. The van der Waals surface area contributed by atoms with Crippen LogP contribution in [-0.4, -0.2) is 29.7 Å². The minimum absolute atomic E-state index is 0.0299. The van der Waals surface area contributed by atoms with Gasteiger partial charge in [0, 0.05) is 13.2 Å². The van der Waals surface area contributed by atoms with E-state index in [1.807, 2.05) is 0 Å². The summed E-state index contributed by atoms with van der Waals surface area (Å²) < 4.78 is 53.8. The van der Waals surface area contributed by atoms with Crippen molar-refractivity contribution in [1.29, 1.82) is 0 Å². The first kappa shape index (κ1) is 17.2. The molecule has 1 rings (SSSR count). The van der Waals surface area contributed by atoms with Gasteiger partial charge in [-0.25, -0.2) is 0 Å². The molecule has 3 nitrogen and oxygen atoms in total. The second-order valence-corrected chi connectivity index (χ2v) is 4.23. The maximum absolute atomic E-state index is 12.7. The molecule has 111 valence electrons. The molecule has 1 aromatic carbocycles. The van der Waals surface area contributed by atoms with E-state index in [0.29, 0.717) is 18.8 Å². The van der Waals surface area contributed by atoms with Crippen LogP contribution in [0.4, 0.5) is 13.2 Å². The summed E-state index contributed by atoms with van der Waals surface area (Å²) in [6.45, 7) is 4.07. The maximum atomic E-state index is 12.7. The molecule has 3 radical (unpaired) electrons. The molecule has 0 atom stereocenters. The van der Waals surface area contributed by atoms with Crippen LogP contribution in [0.3, 0.4) is 0 Å². The summed E-state index contributed by atoms with van der Waals surface area (Å²) >= 11 is 0. The van der Waals surface area contributed by atoms with Crippen molar-refractivity contribution in [3.05, 3.63) is 35.4 Å².